The summed E-state index contributed by atoms with van der Waals surface area (Å²) in [7, 11) is -1.98. The maximum atomic E-state index is 11.8. The quantitative estimate of drug-likeness (QED) is 0.765. The van der Waals surface area contributed by atoms with Crippen molar-refractivity contribution in [3.05, 3.63) is 18.3 Å². The first-order valence-electron chi connectivity index (χ1n) is 4.37. The second kappa shape index (κ2) is 3.59. The van der Waals surface area contributed by atoms with Crippen LogP contribution in [0.2, 0.25) is 0 Å². The van der Waals surface area contributed by atoms with E-state index in [2.05, 4.69) is 24.9 Å². The van der Waals surface area contributed by atoms with Crippen LogP contribution >= 0.6 is 0 Å². The van der Waals surface area contributed by atoms with Crippen LogP contribution in [0.25, 0.3) is 0 Å². The standard InChI is InChI=1S/C7H10N6O2S/c1-5-10-6(3-13(5)2)16(14,15)12-7-8-4-9-11-7/h3-4H,1-2H3,(H2,8,9,11,12). The zero-order valence-corrected chi connectivity index (χ0v) is 9.48. The molecule has 0 unspecified atom stereocenters. The van der Waals surface area contributed by atoms with E-state index in [4.69, 9.17) is 0 Å². The molecule has 0 aromatic carbocycles. The number of imidazole rings is 1. The molecule has 0 aliphatic carbocycles. The van der Waals surface area contributed by atoms with Gasteiger partial charge in [-0.1, -0.05) is 0 Å². The summed E-state index contributed by atoms with van der Waals surface area (Å²) in [6, 6.07) is 0. The van der Waals surface area contributed by atoms with E-state index in [-0.39, 0.29) is 11.0 Å². The van der Waals surface area contributed by atoms with Gasteiger partial charge < -0.3 is 4.57 Å². The number of rotatable bonds is 3. The minimum absolute atomic E-state index is 0.0519. The number of H-pyrrole nitrogens is 1. The predicted octanol–water partition coefficient (Wildman–Crippen LogP) is -0.353. The Morgan fingerprint density at radius 2 is 2.25 bits per heavy atom. The van der Waals surface area contributed by atoms with Gasteiger partial charge in [0.25, 0.3) is 10.0 Å². The van der Waals surface area contributed by atoms with Crippen LogP contribution in [-0.2, 0) is 17.1 Å². The molecule has 16 heavy (non-hydrogen) atoms. The lowest BCUT2D eigenvalue weighted by Crippen LogP contribution is -2.14. The molecule has 8 nitrogen and oxygen atoms in total. The van der Waals surface area contributed by atoms with Gasteiger partial charge in [0.15, 0.2) is 5.03 Å². The second-order valence-electron chi connectivity index (χ2n) is 3.18. The van der Waals surface area contributed by atoms with E-state index in [1.165, 1.54) is 12.5 Å². The monoisotopic (exact) mass is 242 g/mol. The molecule has 0 saturated carbocycles. The molecular weight excluding hydrogens is 232 g/mol. The summed E-state index contributed by atoms with van der Waals surface area (Å²) in [6.07, 6.45) is 2.63. The van der Waals surface area contributed by atoms with Gasteiger partial charge >= 0.3 is 0 Å². The second-order valence-corrected chi connectivity index (χ2v) is 4.81. The normalized spacial score (nSPS) is 11.6. The number of sulfonamides is 1. The molecule has 0 fully saturated rings. The summed E-state index contributed by atoms with van der Waals surface area (Å²) in [5, 5.41) is 5.88. The van der Waals surface area contributed by atoms with Gasteiger partial charge in [-0.2, -0.15) is 18.5 Å². The van der Waals surface area contributed by atoms with E-state index in [0.29, 0.717) is 5.82 Å². The smallest absolute Gasteiger partial charge is 0.283 e. The van der Waals surface area contributed by atoms with Crippen molar-refractivity contribution in [2.24, 2.45) is 7.05 Å². The van der Waals surface area contributed by atoms with Crippen molar-refractivity contribution in [1.29, 1.82) is 0 Å². The number of nitrogens with one attached hydrogen (secondary N) is 2. The van der Waals surface area contributed by atoms with E-state index in [9.17, 15) is 8.42 Å². The lowest BCUT2D eigenvalue weighted by molar-refractivity contribution is 0.597. The van der Waals surface area contributed by atoms with Crippen molar-refractivity contribution >= 4 is 16.0 Å². The Morgan fingerprint density at radius 1 is 1.50 bits per heavy atom. The van der Waals surface area contributed by atoms with Crippen LogP contribution < -0.4 is 4.72 Å². The molecule has 86 valence electrons. The first kappa shape index (κ1) is 10.6. The molecule has 0 saturated heterocycles. The highest BCUT2D eigenvalue weighted by molar-refractivity contribution is 7.92. The number of aryl methyl sites for hydroxylation is 2. The Hall–Kier alpha value is -1.90. The highest BCUT2D eigenvalue weighted by atomic mass is 32.2. The average molecular weight is 242 g/mol. The zero-order valence-electron chi connectivity index (χ0n) is 8.67. The maximum Gasteiger partial charge on any atom is 0.283 e. The first-order chi connectivity index (χ1) is 7.49. The molecule has 2 aromatic heterocycles. The summed E-state index contributed by atoms with van der Waals surface area (Å²) >= 11 is 0. The van der Waals surface area contributed by atoms with Crippen molar-refractivity contribution in [2.75, 3.05) is 4.72 Å². The minimum atomic E-state index is -3.70. The first-order valence-corrected chi connectivity index (χ1v) is 5.85. The molecule has 9 heteroatoms. The largest absolute Gasteiger partial charge is 0.337 e. The lowest BCUT2D eigenvalue weighted by Gasteiger charge is -2.00. The van der Waals surface area contributed by atoms with Gasteiger partial charge in [-0.3, -0.25) is 0 Å². The Balaban J connectivity index is 2.32. The molecule has 2 aromatic rings. The van der Waals surface area contributed by atoms with Crippen molar-refractivity contribution in [1.82, 2.24) is 24.7 Å². The number of hydrogen-bond donors (Lipinski definition) is 2. The molecule has 2 heterocycles. The molecule has 0 atom stereocenters. The van der Waals surface area contributed by atoms with Gasteiger partial charge in [-0.25, -0.2) is 14.8 Å². The SMILES string of the molecule is Cc1nc(S(=O)(=O)Nc2ncn[nH]2)cn1C. The van der Waals surface area contributed by atoms with E-state index in [0.717, 1.165) is 0 Å². The summed E-state index contributed by atoms with van der Waals surface area (Å²) in [4.78, 5) is 7.58. The number of hydrogen-bond acceptors (Lipinski definition) is 5. The summed E-state index contributed by atoms with van der Waals surface area (Å²) < 4.78 is 27.4. The van der Waals surface area contributed by atoms with Crippen molar-refractivity contribution in [2.45, 2.75) is 11.9 Å². The highest BCUT2D eigenvalue weighted by Gasteiger charge is 2.19. The van der Waals surface area contributed by atoms with Crippen LogP contribution in [0.1, 0.15) is 5.82 Å². The van der Waals surface area contributed by atoms with Crippen molar-refractivity contribution in [3.63, 3.8) is 0 Å². The molecule has 0 aliphatic rings. The maximum absolute atomic E-state index is 11.8. The molecule has 0 radical (unpaired) electrons. The van der Waals surface area contributed by atoms with Crippen LogP contribution in [-0.4, -0.2) is 33.2 Å². The Kier molecular flexibility index (Phi) is 2.38. The molecule has 0 spiro atoms. The fourth-order valence-electron chi connectivity index (χ4n) is 1.09. The topological polar surface area (TPSA) is 106 Å². The number of aromatic amines is 1. The fourth-order valence-corrected chi connectivity index (χ4v) is 2.10. The fraction of sp³-hybridized carbons (Fsp3) is 0.286. The lowest BCUT2D eigenvalue weighted by atomic mass is 10.7. The van der Waals surface area contributed by atoms with Crippen LogP contribution in [0.4, 0.5) is 5.95 Å². The highest BCUT2D eigenvalue weighted by Crippen LogP contribution is 2.11. The van der Waals surface area contributed by atoms with Crippen LogP contribution in [0.5, 0.6) is 0 Å². The van der Waals surface area contributed by atoms with E-state index in [1.54, 1.807) is 18.5 Å². The van der Waals surface area contributed by atoms with Gasteiger partial charge in [0.2, 0.25) is 5.95 Å². The number of nitrogens with zero attached hydrogens (tertiary/aromatic N) is 4. The third kappa shape index (κ3) is 1.89. The third-order valence-corrected chi connectivity index (χ3v) is 3.22. The molecule has 2 rings (SSSR count). The van der Waals surface area contributed by atoms with Gasteiger partial charge in [0, 0.05) is 13.2 Å². The Morgan fingerprint density at radius 3 is 2.75 bits per heavy atom. The van der Waals surface area contributed by atoms with Gasteiger partial charge in [0.1, 0.15) is 12.2 Å². The molecule has 0 amide bonds. The van der Waals surface area contributed by atoms with Gasteiger partial charge in [-0.05, 0) is 6.92 Å². The number of anilines is 1. The molecule has 0 aliphatic heterocycles. The van der Waals surface area contributed by atoms with Gasteiger partial charge in [-0.15, -0.1) is 0 Å². The average Bonchev–Trinajstić information content (AvgIpc) is 2.78. The predicted molar refractivity (Wildman–Crippen MR) is 55.1 cm³/mol. The molecule has 2 N–H and O–H groups in total. The summed E-state index contributed by atoms with van der Waals surface area (Å²) in [5.41, 5.74) is 0. The number of aromatic nitrogens is 5. The van der Waals surface area contributed by atoms with Crippen molar-refractivity contribution < 1.29 is 8.42 Å². The zero-order chi connectivity index (χ0) is 11.8. The molecular formula is C7H10N6O2S. The third-order valence-electron chi connectivity index (χ3n) is 2.01. The summed E-state index contributed by atoms with van der Waals surface area (Å²) in [6.45, 7) is 1.72. The van der Waals surface area contributed by atoms with Crippen molar-refractivity contribution in [3.8, 4) is 0 Å². The van der Waals surface area contributed by atoms with Crippen LogP contribution in [0.3, 0.4) is 0 Å². The van der Waals surface area contributed by atoms with E-state index < -0.39 is 10.0 Å². The Bertz CT molecular complexity index is 565. The molecule has 0 bridgehead atoms. The van der Waals surface area contributed by atoms with E-state index in [1.807, 2.05) is 0 Å². The Labute approximate surface area is 91.8 Å². The van der Waals surface area contributed by atoms with E-state index >= 15 is 0 Å². The summed E-state index contributed by atoms with van der Waals surface area (Å²) in [5.74, 6) is 0.668. The van der Waals surface area contributed by atoms with Gasteiger partial charge in [0.05, 0.1) is 0 Å². The van der Waals surface area contributed by atoms with Crippen LogP contribution in [0, 0.1) is 6.92 Å². The van der Waals surface area contributed by atoms with Crippen LogP contribution in [0.15, 0.2) is 17.6 Å². The minimum Gasteiger partial charge on any atom is -0.337 e.